The van der Waals surface area contributed by atoms with E-state index >= 15 is 0 Å². The van der Waals surface area contributed by atoms with Crippen LogP contribution in [0.25, 0.3) is 0 Å². The van der Waals surface area contributed by atoms with Crippen LogP contribution in [-0.4, -0.2) is 60.6 Å². The third-order valence-electron chi connectivity index (χ3n) is 4.76. The monoisotopic (exact) mass is 387 g/mol. The predicted molar refractivity (Wildman–Crippen MR) is 109 cm³/mol. The number of hydrogen-bond donors (Lipinski definition) is 2. The summed E-state index contributed by atoms with van der Waals surface area (Å²) < 4.78 is 12.7. The molecule has 0 amide bonds. The number of nitrogens with one attached hydrogen (secondary N) is 2. The van der Waals surface area contributed by atoms with Crippen molar-refractivity contribution in [1.82, 2.24) is 25.4 Å². The van der Waals surface area contributed by atoms with Crippen molar-refractivity contribution < 1.29 is 9.47 Å². The Hall–Kier alpha value is -2.97. The lowest BCUT2D eigenvalue weighted by molar-refractivity contribution is 0.394. The normalized spacial score (nSPS) is 16.9. The smallest absolute Gasteiger partial charge is 0.191 e. The van der Waals surface area contributed by atoms with Crippen molar-refractivity contribution in [1.29, 1.82) is 0 Å². The number of nitrogens with zero attached hydrogens (tertiary/aromatic N) is 5. The fourth-order valence-corrected chi connectivity index (χ4v) is 3.20. The highest BCUT2D eigenvalue weighted by atomic mass is 16.5. The van der Waals surface area contributed by atoms with Crippen LogP contribution in [0.5, 0.6) is 11.5 Å². The Kier molecular flexibility index (Phi) is 6.57. The molecule has 152 valence electrons. The molecule has 1 unspecified atom stereocenters. The van der Waals surface area contributed by atoms with Gasteiger partial charge < -0.3 is 29.6 Å². The topological polar surface area (TPSA) is 88.8 Å². The van der Waals surface area contributed by atoms with Crippen LogP contribution in [0.2, 0.25) is 0 Å². The van der Waals surface area contributed by atoms with Crippen molar-refractivity contribution in [3.63, 3.8) is 0 Å². The van der Waals surface area contributed by atoms with E-state index in [1.54, 1.807) is 20.5 Å². The number of hydrogen-bond acceptors (Lipinski definition) is 6. The quantitative estimate of drug-likeness (QED) is 0.544. The second-order valence-corrected chi connectivity index (χ2v) is 6.70. The predicted octanol–water partition coefficient (Wildman–Crippen LogP) is 1.17. The second kappa shape index (κ2) is 9.29. The molecule has 28 heavy (non-hydrogen) atoms. The molecule has 2 N–H and O–H groups in total. The Morgan fingerprint density at radius 3 is 2.61 bits per heavy atom. The summed E-state index contributed by atoms with van der Waals surface area (Å²) in [5.74, 6) is 3.21. The number of methoxy groups -OCH3 is 2. The average Bonchev–Trinajstić information content (AvgIpc) is 3.34. The van der Waals surface area contributed by atoms with Gasteiger partial charge in [0.15, 0.2) is 11.8 Å². The van der Waals surface area contributed by atoms with Gasteiger partial charge in [-0.2, -0.15) is 0 Å². The molecule has 9 nitrogen and oxygen atoms in total. The standard InChI is InChI=1S/C19H29N7O2/c1-5-20-19(21-11-18-24-22-13-25(18)2)23-14-6-7-26(12-14)15-8-16(27-3)10-17(9-15)28-4/h8-10,13-14H,5-7,11-12H2,1-4H3,(H2,20,21,23). The first-order valence-electron chi connectivity index (χ1n) is 9.48. The van der Waals surface area contributed by atoms with Crippen molar-refractivity contribution in [2.75, 3.05) is 38.8 Å². The molecular formula is C19H29N7O2. The van der Waals surface area contributed by atoms with Crippen LogP contribution in [0.15, 0.2) is 29.5 Å². The van der Waals surface area contributed by atoms with E-state index in [1.165, 1.54) is 0 Å². The number of ether oxygens (including phenoxy) is 2. The summed E-state index contributed by atoms with van der Waals surface area (Å²) in [6.07, 6.45) is 2.70. The van der Waals surface area contributed by atoms with Crippen molar-refractivity contribution in [2.24, 2.45) is 12.0 Å². The molecule has 0 radical (unpaired) electrons. The van der Waals surface area contributed by atoms with E-state index in [2.05, 4.69) is 37.6 Å². The number of aliphatic imine (C=N–C) groups is 1. The number of guanidine groups is 1. The minimum Gasteiger partial charge on any atom is -0.497 e. The Morgan fingerprint density at radius 1 is 1.25 bits per heavy atom. The van der Waals surface area contributed by atoms with Gasteiger partial charge in [0.2, 0.25) is 0 Å². The number of anilines is 1. The van der Waals surface area contributed by atoms with Gasteiger partial charge in [0.25, 0.3) is 0 Å². The van der Waals surface area contributed by atoms with E-state index in [1.807, 2.05) is 29.8 Å². The third-order valence-corrected chi connectivity index (χ3v) is 4.76. The Balaban J connectivity index is 1.64. The van der Waals surface area contributed by atoms with Gasteiger partial charge in [0, 0.05) is 56.6 Å². The maximum atomic E-state index is 5.39. The minimum absolute atomic E-state index is 0.300. The summed E-state index contributed by atoms with van der Waals surface area (Å²) in [7, 11) is 5.26. The summed E-state index contributed by atoms with van der Waals surface area (Å²) in [4.78, 5) is 6.97. The molecule has 2 heterocycles. The van der Waals surface area contributed by atoms with Crippen LogP contribution in [0.4, 0.5) is 5.69 Å². The van der Waals surface area contributed by atoms with Crippen LogP contribution in [0.1, 0.15) is 19.2 Å². The van der Waals surface area contributed by atoms with Gasteiger partial charge in [0.1, 0.15) is 24.4 Å². The molecule has 1 saturated heterocycles. The maximum Gasteiger partial charge on any atom is 0.191 e. The molecule has 1 atom stereocenters. The van der Waals surface area contributed by atoms with Crippen molar-refractivity contribution in [2.45, 2.75) is 25.9 Å². The van der Waals surface area contributed by atoms with Gasteiger partial charge in [0.05, 0.1) is 14.2 Å². The van der Waals surface area contributed by atoms with Gasteiger partial charge in [-0.25, -0.2) is 4.99 Å². The van der Waals surface area contributed by atoms with Crippen molar-refractivity contribution in [3.8, 4) is 11.5 Å². The molecule has 9 heteroatoms. The zero-order valence-electron chi connectivity index (χ0n) is 17.0. The lowest BCUT2D eigenvalue weighted by Gasteiger charge is -2.21. The van der Waals surface area contributed by atoms with E-state index in [0.717, 1.165) is 55.0 Å². The largest absolute Gasteiger partial charge is 0.497 e. The van der Waals surface area contributed by atoms with E-state index in [4.69, 9.17) is 9.47 Å². The van der Waals surface area contributed by atoms with Crippen molar-refractivity contribution in [3.05, 3.63) is 30.4 Å². The highest BCUT2D eigenvalue weighted by Crippen LogP contribution is 2.30. The van der Waals surface area contributed by atoms with Gasteiger partial charge in [-0.1, -0.05) is 0 Å². The SMILES string of the molecule is CCNC(=NCc1nncn1C)NC1CCN(c2cc(OC)cc(OC)c2)C1. The Bertz CT molecular complexity index is 783. The molecular weight excluding hydrogens is 358 g/mol. The molecule has 1 aliphatic rings. The minimum atomic E-state index is 0.300. The summed E-state index contributed by atoms with van der Waals surface area (Å²) in [6, 6.07) is 6.27. The summed E-state index contributed by atoms with van der Waals surface area (Å²) in [5.41, 5.74) is 1.10. The fraction of sp³-hybridized carbons (Fsp3) is 0.526. The third kappa shape index (κ3) is 4.85. The highest BCUT2D eigenvalue weighted by Gasteiger charge is 2.24. The Labute approximate surface area is 165 Å². The zero-order valence-corrected chi connectivity index (χ0v) is 17.0. The maximum absolute atomic E-state index is 5.39. The van der Waals surface area contributed by atoms with Crippen LogP contribution in [-0.2, 0) is 13.6 Å². The zero-order chi connectivity index (χ0) is 19.9. The molecule has 0 spiro atoms. The molecule has 1 aromatic carbocycles. The first kappa shape index (κ1) is 19.8. The van der Waals surface area contributed by atoms with E-state index in [0.29, 0.717) is 12.6 Å². The number of aromatic nitrogens is 3. The lowest BCUT2D eigenvalue weighted by atomic mass is 10.2. The number of aryl methyl sites for hydroxylation is 1. The molecule has 0 bridgehead atoms. The Morgan fingerprint density at radius 2 is 2.00 bits per heavy atom. The fourth-order valence-electron chi connectivity index (χ4n) is 3.20. The van der Waals surface area contributed by atoms with Gasteiger partial charge >= 0.3 is 0 Å². The number of rotatable bonds is 7. The van der Waals surface area contributed by atoms with E-state index in [9.17, 15) is 0 Å². The highest BCUT2D eigenvalue weighted by molar-refractivity contribution is 5.80. The van der Waals surface area contributed by atoms with Gasteiger partial charge in [-0.15, -0.1) is 10.2 Å². The van der Waals surface area contributed by atoms with E-state index in [-0.39, 0.29) is 0 Å². The molecule has 1 fully saturated rings. The summed E-state index contributed by atoms with van der Waals surface area (Å²) >= 11 is 0. The van der Waals surface area contributed by atoms with Crippen molar-refractivity contribution >= 4 is 11.6 Å². The second-order valence-electron chi connectivity index (χ2n) is 6.70. The molecule has 0 aliphatic carbocycles. The van der Waals surface area contributed by atoms with Crippen LogP contribution in [0.3, 0.4) is 0 Å². The van der Waals surface area contributed by atoms with Crippen LogP contribution in [0, 0.1) is 0 Å². The molecule has 3 rings (SSSR count). The summed E-state index contributed by atoms with van der Waals surface area (Å²) in [6.45, 7) is 5.17. The van der Waals surface area contributed by atoms with Gasteiger partial charge in [-0.3, -0.25) is 0 Å². The molecule has 0 saturated carbocycles. The van der Waals surface area contributed by atoms with E-state index < -0.39 is 0 Å². The molecule has 1 aliphatic heterocycles. The lowest BCUT2D eigenvalue weighted by Crippen LogP contribution is -2.44. The molecule has 1 aromatic heterocycles. The first-order valence-corrected chi connectivity index (χ1v) is 9.48. The molecule has 2 aromatic rings. The van der Waals surface area contributed by atoms with Crippen LogP contribution >= 0.6 is 0 Å². The average molecular weight is 387 g/mol. The number of benzene rings is 1. The first-order chi connectivity index (χ1) is 13.6. The van der Waals surface area contributed by atoms with Crippen LogP contribution < -0.4 is 25.0 Å². The van der Waals surface area contributed by atoms with Gasteiger partial charge in [-0.05, 0) is 13.3 Å². The summed E-state index contributed by atoms with van der Waals surface area (Å²) in [5, 5.41) is 14.8.